The van der Waals surface area contributed by atoms with Crippen LogP contribution in [0.1, 0.15) is 18.1 Å². The summed E-state index contributed by atoms with van der Waals surface area (Å²) in [6.45, 7) is 1.27. The number of benzene rings is 2. The molecule has 0 spiro atoms. The maximum absolute atomic E-state index is 13.0. The highest BCUT2D eigenvalue weighted by Gasteiger charge is 2.31. The van der Waals surface area contributed by atoms with Crippen molar-refractivity contribution < 1.29 is 27.8 Å². The Morgan fingerprint density at radius 1 is 1.25 bits per heavy atom. The molecule has 0 unspecified atom stereocenters. The van der Waals surface area contributed by atoms with Crippen LogP contribution in [0.2, 0.25) is 0 Å². The lowest BCUT2D eigenvalue weighted by atomic mass is 10.00. The third-order valence-corrected chi connectivity index (χ3v) is 3.26. The minimum atomic E-state index is -4.56. The smallest absolute Gasteiger partial charge is 0.416 e. The Bertz CT molecular complexity index is 809. The summed E-state index contributed by atoms with van der Waals surface area (Å²) in [6.07, 6.45) is -5.79. The molecule has 0 amide bonds. The molecule has 0 aromatic heterocycles. The van der Waals surface area contributed by atoms with Crippen LogP contribution in [0.4, 0.5) is 13.2 Å². The number of hydrogen-bond donors (Lipinski definition) is 1. The quantitative estimate of drug-likeness (QED) is 0.913. The molecular weight excluding hydrogens is 323 g/mol. The summed E-state index contributed by atoms with van der Waals surface area (Å²) in [5, 5.41) is 17.9. The molecule has 2 aromatic carbocycles. The van der Waals surface area contributed by atoms with Crippen molar-refractivity contribution in [3.63, 3.8) is 0 Å². The number of carboxylic acids is 1. The van der Waals surface area contributed by atoms with Crippen molar-refractivity contribution in [1.29, 1.82) is 5.26 Å². The van der Waals surface area contributed by atoms with Gasteiger partial charge in [0.2, 0.25) is 0 Å². The molecular formula is C17H12F3NO3. The van der Waals surface area contributed by atoms with Crippen LogP contribution in [0.5, 0.6) is 5.75 Å². The van der Waals surface area contributed by atoms with Crippen LogP contribution in [0.15, 0.2) is 42.5 Å². The summed E-state index contributed by atoms with van der Waals surface area (Å²) in [4.78, 5) is 10.9. The number of nitrogens with zero attached hydrogens (tertiary/aromatic N) is 1. The molecule has 124 valence electrons. The van der Waals surface area contributed by atoms with Crippen molar-refractivity contribution in [2.45, 2.75) is 19.2 Å². The maximum atomic E-state index is 13.0. The molecule has 2 rings (SSSR count). The second-order valence-corrected chi connectivity index (χ2v) is 5.00. The first-order valence-corrected chi connectivity index (χ1v) is 6.83. The molecule has 1 atom stereocenters. The van der Waals surface area contributed by atoms with Gasteiger partial charge >= 0.3 is 12.1 Å². The van der Waals surface area contributed by atoms with Gasteiger partial charge in [-0.2, -0.15) is 18.4 Å². The molecule has 0 radical (unpaired) electrons. The van der Waals surface area contributed by atoms with Crippen molar-refractivity contribution in [1.82, 2.24) is 0 Å². The van der Waals surface area contributed by atoms with Gasteiger partial charge in [0, 0.05) is 5.56 Å². The fourth-order valence-electron chi connectivity index (χ4n) is 2.03. The van der Waals surface area contributed by atoms with Gasteiger partial charge in [0.25, 0.3) is 0 Å². The van der Waals surface area contributed by atoms with Crippen LogP contribution in [0.3, 0.4) is 0 Å². The SMILES string of the molecule is C[C@H](Oc1ccc(C(F)(F)F)cc1-c1cccc(C#N)c1)C(=O)O. The predicted molar refractivity (Wildman–Crippen MR) is 79.3 cm³/mol. The Kier molecular flexibility index (Phi) is 4.79. The number of nitriles is 1. The second-order valence-electron chi connectivity index (χ2n) is 5.00. The number of alkyl halides is 3. The average Bonchev–Trinajstić information content (AvgIpc) is 2.54. The zero-order valence-electron chi connectivity index (χ0n) is 12.5. The standard InChI is InChI=1S/C17H12F3NO3/c1-10(16(22)23)24-15-6-5-13(17(18,19)20)8-14(15)12-4-2-3-11(7-12)9-21/h2-8,10H,1H3,(H,22,23)/t10-/m0/s1. The van der Waals surface area contributed by atoms with Crippen LogP contribution in [-0.4, -0.2) is 17.2 Å². The average molecular weight is 335 g/mol. The Labute approximate surface area is 135 Å². The van der Waals surface area contributed by atoms with Gasteiger partial charge < -0.3 is 9.84 Å². The van der Waals surface area contributed by atoms with Crippen LogP contribution >= 0.6 is 0 Å². The summed E-state index contributed by atoms with van der Waals surface area (Å²) in [5.41, 5.74) is -0.236. The third kappa shape index (κ3) is 3.84. The van der Waals surface area contributed by atoms with E-state index < -0.39 is 23.8 Å². The normalized spacial score (nSPS) is 12.3. The molecule has 0 aliphatic carbocycles. The number of carboxylic acid groups (broad SMARTS) is 1. The van der Waals surface area contributed by atoms with Crippen LogP contribution in [0, 0.1) is 11.3 Å². The van der Waals surface area contributed by atoms with E-state index in [0.29, 0.717) is 5.56 Å². The highest BCUT2D eigenvalue weighted by Crippen LogP contribution is 2.37. The lowest BCUT2D eigenvalue weighted by Gasteiger charge is -2.17. The largest absolute Gasteiger partial charge is 0.479 e. The highest BCUT2D eigenvalue weighted by atomic mass is 19.4. The van der Waals surface area contributed by atoms with E-state index in [0.717, 1.165) is 18.2 Å². The summed E-state index contributed by atoms with van der Waals surface area (Å²) in [6, 6.07) is 10.7. The Morgan fingerprint density at radius 2 is 1.96 bits per heavy atom. The van der Waals surface area contributed by atoms with Crippen LogP contribution in [-0.2, 0) is 11.0 Å². The van der Waals surface area contributed by atoms with Crippen molar-refractivity contribution in [3.8, 4) is 22.9 Å². The zero-order valence-corrected chi connectivity index (χ0v) is 12.5. The minimum absolute atomic E-state index is 0.00649. The molecule has 0 aliphatic heterocycles. The van der Waals surface area contributed by atoms with Crippen molar-refractivity contribution in [3.05, 3.63) is 53.6 Å². The zero-order chi connectivity index (χ0) is 17.9. The Morgan fingerprint density at radius 3 is 2.54 bits per heavy atom. The minimum Gasteiger partial charge on any atom is -0.479 e. The van der Waals surface area contributed by atoms with Gasteiger partial charge in [-0.25, -0.2) is 4.79 Å². The molecule has 0 saturated heterocycles. The summed E-state index contributed by atoms with van der Waals surface area (Å²) < 4.78 is 44.1. The molecule has 0 bridgehead atoms. The van der Waals surface area contributed by atoms with E-state index in [1.54, 1.807) is 0 Å². The molecule has 0 heterocycles. The fraction of sp³-hybridized carbons (Fsp3) is 0.176. The molecule has 7 heteroatoms. The molecule has 0 fully saturated rings. The van der Waals surface area contributed by atoms with Gasteiger partial charge in [-0.3, -0.25) is 0 Å². The van der Waals surface area contributed by atoms with Gasteiger partial charge in [0.05, 0.1) is 17.2 Å². The highest BCUT2D eigenvalue weighted by molar-refractivity contribution is 5.75. The van der Waals surface area contributed by atoms with E-state index in [-0.39, 0.29) is 16.9 Å². The number of carbonyl (C=O) groups is 1. The Hall–Kier alpha value is -3.01. The van der Waals surface area contributed by atoms with Crippen molar-refractivity contribution in [2.75, 3.05) is 0 Å². The van der Waals surface area contributed by atoms with Gasteiger partial charge in [0.15, 0.2) is 6.10 Å². The maximum Gasteiger partial charge on any atom is 0.416 e. The van der Waals surface area contributed by atoms with Crippen molar-refractivity contribution >= 4 is 5.97 Å². The van der Waals surface area contributed by atoms with Gasteiger partial charge in [-0.1, -0.05) is 12.1 Å². The van der Waals surface area contributed by atoms with Gasteiger partial charge in [0.1, 0.15) is 5.75 Å². The molecule has 24 heavy (non-hydrogen) atoms. The summed E-state index contributed by atoms with van der Waals surface area (Å²) in [5.74, 6) is -1.25. The van der Waals surface area contributed by atoms with E-state index >= 15 is 0 Å². The van der Waals surface area contributed by atoms with Gasteiger partial charge in [-0.15, -0.1) is 0 Å². The first-order valence-electron chi connectivity index (χ1n) is 6.83. The number of hydrogen-bond acceptors (Lipinski definition) is 3. The summed E-state index contributed by atoms with van der Waals surface area (Å²) in [7, 11) is 0. The van der Waals surface area contributed by atoms with E-state index in [2.05, 4.69) is 0 Å². The first-order chi connectivity index (χ1) is 11.2. The van der Waals surface area contributed by atoms with Crippen molar-refractivity contribution in [2.24, 2.45) is 0 Å². The number of halogens is 3. The summed E-state index contributed by atoms with van der Waals surface area (Å²) >= 11 is 0. The number of rotatable bonds is 4. The molecule has 4 nitrogen and oxygen atoms in total. The number of aliphatic carboxylic acids is 1. The number of ether oxygens (including phenoxy) is 1. The first kappa shape index (κ1) is 17.3. The molecule has 1 N–H and O–H groups in total. The van der Waals surface area contributed by atoms with Crippen LogP contribution in [0.25, 0.3) is 11.1 Å². The third-order valence-electron chi connectivity index (χ3n) is 3.26. The molecule has 2 aromatic rings. The fourth-order valence-corrected chi connectivity index (χ4v) is 2.03. The van der Waals surface area contributed by atoms with E-state index in [9.17, 15) is 18.0 Å². The topological polar surface area (TPSA) is 70.3 Å². The molecule has 0 saturated carbocycles. The van der Waals surface area contributed by atoms with E-state index in [1.807, 2.05) is 6.07 Å². The van der Waals surface area contributed by atoms with Crippen LogP contribution < -0.4 is 4.74 Å². The second kappa shape index (κ2) is 6.62. The monoisotopic (exact) mass is 335 g/mol. The molecule has 0 aliphatic rings. The Balaban J connectivity index is 2.59. The predicted octanol–water partition coefficient (Wildman–Crippen LogP) is 4.10. The van der Waals surface area contributed by atoms with Gasteiger partial charge in [-0.05, 0) is 42.8 Å². The van der Waals surface area contributed by atoms with E-state index in [1.165, 1.54) is 31.2 Å². The van der Waals surface area contributed by atoms with E-state index in [4.69, 9.17) is 15.1 Å². The lowest BCUT2D eigenvalue weighted by molar-refractivity contribution is -0.144. The lowest BCUT2D eigenvalue weighted by Crippen LogP contribution is -2.23.